The average molecular weight is 445 g/mol. The highest BCUT2D eigenvalue weighted by atomic mass is 19.4. The molecule has 31 heavy (non-hydrogen) atoms. The molecule has 0 aromatic heterocycles. The Labute approximate surface area is 187 Å². The first-order valence-corrected chi connectivity index (χ1v) is 12.0. The highest BCUT2D eigenvalue weighted by molar-refractivity contribution is 5.25. The van der Waals surface area contributed by atoms with Gasteiger partial charge in [0.1, 0.15) is 0 Å². The summed E-state index contributed by atoms with van der Waals surface area (Å²) in [6.07, 6.45) is 10.3. The van der Waals surface area contributed by atoms with Gasteiger partial charge < -0.3 is 9.47 Å². The summed E-state index contributed by atoms with van der Waals surface area (Å²) < 4.78 is 49.9. The highest BCUT2D eigenvalue weighted by Gasteiger charge is 2.33. The average Bonchev–Trinajstić information content (AvgIpc) is 2.76. The lowest BCUT2D eigenvalue weighted by Crippen LogP contribution is -2.39. The molecule has 1 aromatic rings. The maximum absolute atomic E-state index is 12.8. The van der Waals surface area contributed by atoms with E-state index in [1.54, 1.807) is 20.3 Å². The van der Waals surface area contributed by atoms with Crippen molar-refractivity contribution in [1.82, 2.24) is 0 Å². The zero-order valence-electron chi connectivity index (χ0n) is 20.0. The van der Waals surface area contributed by atoms with Crippen molar-refractivity contribution in [1.29, 1.82) is 0 Å². The molecule has 0 N–H and O–H groups in total. The largest absolute Gasteiger partial charge is 0.416 e. The summed E-state index contributed by atoms with van der Waals surface area (Å²) in [5.41, 5.74) is 0.211. The van der Waals surface area contributed by atoms with Gasteiger partial charge in [-0.05, 0) is 44.2 Å². The number of hydrogen-bond acceptors (Lipinski definition) is 2. The van der Waals surface area contributed by atoms with E-state index in [4.69, 9.17) is 9.47 Å². The van der Waals surface area contributed by atoms with Crippen LogP contribution in [0.25, 0.3) is 0 Å². The second-order valence-electron chi connectivity index (χ2n) is 8.83. The normalized spacial score (nSPS) is 13.5. The molecule has 0 bridgehead atoms. The van der Waals surface area contributed by atoms with Crippen molar-refractivity contribution in [3.05, 3.63) is 35.4 Å². The molecule has 0 aliphatic heterocycles. The molecule has 1 rings (SSSR count). The molecule has 0 amide bonds. The topological polar surface area (TPSA) is 18.5 Å². The molecule has 0 saturated heterocycles. The van der Waals surface area contributed by atoms with Gasteiger partial charge in [-0.2, -0.15) is 13.2 Å². The third kappa shape index (κ3) is 10.9. The molecule has 0 aliphatic carbocycles. The first kappa shape index (κ1) is 28.0. The minimum Gasteiger partial charge on any atom is -0.353 e. The molecule has 180 valence electrons. The molecule has 0 spiro atoms. The van der Waals surface area contributed by atoms with Gasteiger partial charge in [-0.25, -0.2) is 0 Å². The quantitative estimate of drug-likeness (QED) is 0.177. The van der Waals surface area contributed by atoms with E-state index >= 15 is 0 Å². The van der Waals surface area contributed by atoms with Crippen molar-refractivity contribution < 1.29 is 22.6 Å². The smallest absolute Gasteiger partial charge is 0.353 e. The van der Waals surface area contributed by atoms with Crippen LogP contribution in [-0.4, -0.2) is 20.0 Å². The van der Waals surface area contributed by atoms with Crippen molar-refractivity contribution in [3.8, 4) is 0 Å². The molecular weight excluding hydrogens is 401 g/mol. The number of halogens is 3. The third-order valence-electron chi connectivity index (χ3n) is 6.48. The molecule has 5 heteroatoms. The molecule has 0 heterocycles. The van der Waals surface area contributed by atoms with Crippen LogP contribution in [0.1, 0.15) is 102 Å². The molecule has 0 fully saturated rings. The van der Waals surface area contributed by atoms with Crippen LogP contribution in [0, 0.1) is 5.92 Å². The van der Waals surface area contributed by atoms with Gasteiger partial charge in [0.15, 0.2) is 5.79 Å². The summed E-state index contributed by atoms with van der Waals surface area (Å²) >= 11 is 0. The van der Waals surface area contributed by atoms with Gasteiger partial charge in [0.05, 0.1) is 5.56 Å². The molecule has 0 saturated carbocycles. The van der Waals surface area contributed by atoms with Crippen LogP contribution < -0.4 is 0 Å². The number of aryl methyl sites for hydroxylation is 1. The number of rotatable bonds is 17. The lowest BCUT2D eigenvalue weighted by Gasteiger charge is -2.35. The third-order valence-corrected chi connectivity index (χ3v) is 6.48. The van der Waals surface area contributed by atoms with Crippen molar-refractivity contribution in [2.75, 3.05) is 14.2 Å². The monoisotopic (exact) mass is 444 g/mol. The summed E-state index contributed by atoms with van der Waals surface area (Å²) in [5, 5.41) is 0. The number of hydrogen-bond donors (Lipinski definition) is 0. The fourth-order valence-electron chi connectivity index (χ4n) is 4.23. The minimum atomic E-state index is -4.27. The molecule has 1 unspecified atom stereocenters. The van der Waals surface area contributed by atoms with Crippen LogP contribution in [0.2, 0.25) is 0 Å². The van der Waals surface area contributed by atoms with Crippen molar-refractivity contribution in [3.63, 3.8) is 0 Å². The Morgan fingerprint density at radius 1 is 0.806 bits per heavy atom. The predicted octanol–water partition coefficient (Wildman–Crippen LogP) is 8.57. The van der Waals surface area contributed by atoms with Gasteiger partial charge in [0.2, 0.25) is 0 Å². The predicted molar refractivity (Wildman–Crippen MR) is 122 cm³/mol. The van der Waals surface area contributed by atoms with Crippen LogP contribution in [0.3, 0.4) is 0 Å². The van der Waals surface area contributed by atoms with Gasteiger partial charge in [-0.3, -0.25) is 0 Å². The van der Waals surface area contributed by atoms with E-state index in [0.29, 0.717) is 12.3 Å². The first-order chi connectivity index (χ1) is 14.8. The summed E-state index contributed by atoms with van der Waals surface area (Å²) in [6, 6.07) is 5.70. The maximum atomic E-state index is 12.8. The second-order valence-corrected chi connectivity index (χ2v) is 8.83. The summed E-state index contributed by atoms with van der Waals surface area (Å²) in [4.78, 5) is 0. The van der Waals surface area contributed by atoms with Gasteiger partial charge in [0, 0.05) is 20.1 Å². The first-order valence-electron chi connectivity index (χ1n) is 12.0. The summed E-state index contributed by atoms with van der Waals surface area (Å²) in [6.45, 7) is 4.26. The van der Waals surface area contributed by atoms with Crippen LogP contribution in [0.4, 0.5) is 13.2 Å². The molecular formula is C26H43F3O2. The molecule has 0 radical (unpaired) electrons. The molecule has 0 aliphatic rings. The van der Waals surface area contributed by atoms with E-state index < -0.39 is 17.5 Å². The van der Waals surface area contributed by atoms with Crippen molar-refractivity contribution in [2.45, 2.75) is 109 Å². The number of unbranched alkanes of at least 4 members (excludes halogenated alkanes) is 8. The lowest BCUT2D eigenvalue weighted by molar-refractivity contribution is -0.230. The van der Waals surface area contributed by atoms with E-state index in [2.05, 4.69) is 6.92 Å². The fourth-order valence-corrected chi connectivity index (χ4v) is 4.23. The number of benzene rings is 1. The maximum Gasteiger partial charge on any atom is 0.416 e. The Morgan fingerprint density at radius 2 is 1.35 bits per heavy atom. The molecule has 1 atom stereocenters. The lowest BCUT2D eigenvalue weighted by atomic mass is 9.87. The Bertz CT molecular complexity index is 582. The fraction of sp³-hybridized carbons (Fsp3) is 0.769. The molecule has 1 aromatic carbocycles. The second kappa shape index (κ2) is 14.9. The number of alkyl halides is 3. The van der Waals surface area contributed by atoms with E-state index in [-0.39, 0.29) is 0 Å². The van der Waals surface area contributed by atoms with Gasteiger partial charge in [-0.1, -0.05) is 82.9 Å². The van der Waals surface area contributed by atoms with Crippen molar-refractivity contribution in [2.24, 2.45) is 5.92 Å². The van der Waals surface area contributed by atoms with Gasteiger partial charge >= 0.3 is 6.18 Å². The Kier molecular flexibility index (Phi) is 13.4. The van der Waals surface area contributed by atoms with E-state index in [9.17, 15) is 13.2 Å². The van der Waals surface area contributed by atoms with E-state index in [1.807, 2.05) is 6.92 Å². The van der Waals surface area contributed by atoms with Crippen LogP contribution in [0.5, 0.6) is 0 Å². The van der Waals surface area contributed by atoms with Crippen LogP contribution >= 0.6 is 0 Å². The zero-order chi connectivity index (χ0) is 23.2. The number of ether oxygens (including phenoxy) is 2. The van der Waals surface area contributed by atoms with E-state index in [1.165, 1.54) is 50.7 Å². The Morgan fingerprint density at radius 3 is 1.90 bits per heavy atom. The number of methoxy groups -OCH3 is 2. The van der Waals surface area contributed by atoms with E-state index in [0.717, 1.165) is 50.2 Å². The SMILES string of the molecule is CCCCCCCCC(CCCCCCc1cccc(C(F)(F)F)c1)C(C)(OC)OC. The summed E-state index contributed by atoms with van der Waals surface area (Å²) in [5.74, 6) is -0.196. The Balaban J connectivity index is 2.37. The highest BCUT2D eigenvalue weighted by Crippen LogP contribution is 2.32. The van der Waals surface area contributed by atoms with Crippen LogP contribution in [0.15, 0.2) is 24.3 Å². The van der Waals surface area contributed by atoms with Gasteiger partial charge in [-0.15, -0.1) is 0 Å². The Hall–Kier alpha value is -1.07. The molecule has 2 nitrogen and oxygen atoms in total. The van der Waals surface area contributed by atoms with Crippen molar-refractivity contribution >= 4 is 0 Å². The zero-order valence-corrected chi connectivity index (χ0v) is 20.0. The minimum absolute atomic E-state index is 0.358. The standard InChI is InChI=1S/C26H43F3O2/c1-5-6-7-8-9-13-18-23(25(2,30-3)31-4)19-14-11-10-12-16-22-17-15-20-24(21-22)26(27,28)29/h15,17,20-21,23H,5-14,16,18-19H2,1-4H3. The summed E-state index contributed by atoms with van der Waals surface area (Å²) in [7, 11) is 3.43. The van der Waals surface area contributed by atoms with Crippen LogP contribution in [-0.2, 0) is 22.1 Å². The van der Waals surface area contributed by atoms with Gasteiger partial charge in [0.25, 0.3) is 0 Å².